The number of nitrogens with zero attached hydrogens (tertiary/aromatic N) is 3. The van der Waals surface area contributed by atoms with Crippen molar-refractivity contribution in [2.45, 2.75) is 26.9 Å². The van der Waals surface area contributed by atoms with Crippen molar-refractivity contribution in [2.24, 2.45) is 5.10 Å². The lowest BCUT2D eigenvalue weighted by Gasteiger charge is -2.15. The minimum atomic E-state index is -0.240. The predicted molar refractivity (Wildman–Crippen MR) is 157 cm³/mol. The second-order valence-electron chi connectivity index (χ2n) is 8.59. The number of rotatable bonds is 8. The van der Waals surface area contributed by atoms with Crippen LogP contribution in [0.4, 0.5) is 0 Å². The average molecular weight is 591 g/mol. The Kier molecular flexibility index (Phi) is 7.77. The fourth-order valence-corrected chi connectivity index (χ4v) is 4.94. The van der Waals surface area contributed by atoms with Crippen molar-refractivity contribution in [3.8, 4) is 11.5 Å². The fourth-order valence-electron chi connectivity index (χ4n) is 4.30. The van der Waals surface area contributed by atoms with Crippen LogP contribution in [0.1, 0.15) is 30.8 Å². The Morgan fingerprint density at radius 1 is 1.00 bits per heavy atom. The van der Waals surface area contributed by atoms with Gasteiger partial charge in [-0.2, -0.15) is 9.78 Å². The van der Waals surface area contributed by atoms with E-state index in [1.807, 2.05) is 50.2 Å². The summed E-state index contributed by atoms with van der Waals surface area (Å²) < 4.78 is 14.2. The summed E-state index contributed by atoms with van der Waals surface area (Å²) in [7, 11) is 0. The zero-order valence-electron chi connectivity index (χ0n) is 20.9. The molecule has 0 aliphatic carbocycles. The molecule has 192 valence electrons. The molecule has 0 aliphatic rings. The van der Waals surface area contributed by atoms with Gasteiger partial charge in [0, 0.05) is 10.9 Å². The first-order chi connectivity index (χ1) is 18.5. The van der Waals surface area contributed by atoms with Crippen LogP contribution in [0.2, 0.25) is 5.02 Å². The van der Waals surface area contributed by atoms with Crippen molar-refractivity contribution in [1.29, 1.82) is 0 Å². The number of aryl methyl sites for hydroxylation is 1. The van der Waals surface area contributed by atoms with Crippen molar-refractivity contribution in [2.75, 3.05) is 6.61 Å². The molecule has 5 rings (SSSR count). The Hall–Kier alpha value is -3.68. The molecule has 0 saturated carbocycles. The van der Waals surface area contributed by atoms with Gasteiger partial charge in [0.05, 0.1) is 28.7 Å². The third-order valence-corrected chi connectivity index (χ3v) is 6.87. The number of benzene rings is 4. The molecule has 0 amide bonds. The van der Waals surface area contributed by atoms with E-state index < -0.39 is 0 Å². The van der Waals surface area contributed by atoms with E-state index in [1.165, 1.54) is 4.68 Å². The summed E-state index contributed by atoms with van der Waals surface area (Å²) in [4.78, 5) is 17.8. The van der Waals surface area contributed by atoms with E-state index >= 15 is 0 Å². The molecule has 0 unspecified atom stereocenters. The Balaban J connectivity index is 1.47. The van der Waals surface area contributed by atoms with Crippen LogP contribution >= 0.6 is 27.5 Å². The highest BCUT2D eigenvalue weighted by Crippen LogP contribution is 2.37. The van der Waals surface area contributed by atoms with Crippen LogP contribution in [0.25, 0.3) is 21.7 Å². The molecule has 0 bridgehead atoms. The molecule has 38 heavy (non-hydrogen) atoms. The van der Waals surface area contributed by atoms with Crippen LogP contribution in [0, 0.1) is 0 Å². The van der Waals surface area contributed by atoms with E-state index in [4.69, 9.17) is 21.1 Å². The Morgan fingerprint density at radius 2 is 1.82 bits per heavy atom. The maximum atomic E-state index is 13.2. The Morgan fingerprint density at radius 3 is 2.63 bits per heavy atom. The zero-order chi connectivity index (χ0) is 26.6. The van der Waals surface area contributed by atoms with Crippen molar-refractivity contribution in [1.82, 2.24) is 9.66 Å². The molecule has 0 saturated heterocycles. The van der Waals surface area contributed by atoms with Gasteiger partial charge in [-0.1, -0.05) is 76.9 Å². The number of halogens is 2. The lowest BCUT2D eigenvalue weighted by atomic mass is 10.1. The van der Waals surface area contributed by atoms with Crippen molar-refractivity contribution < 1.29 is 9.47 Å². The Labute approximate surface area is 233 Å². The van der Waals surface area contributed by atoms with Crippen molar-refractivity contribution >= 4 is 55.4 Å². The van der Waals surface area contributed by atoms with Crippen molar-refractivity contribution in [3.63, 3.8) is 0 Å². The summed E-state index contributed by atoms with van der Waals surface area (Å²) in [5, 5.41) is 7.62. The summed E-state index contributed by atoms with van der Waals surface area (Å²) >= 11 is 10.1. The lowest BCUT2D eigenvalue weighted by molar-refractivity contribution is 0.270. The smallest absolute Gasteiger partial charge is 0.282 e. The van der Waals surface area contributed by atoms with Crippen LogP contribution in [0.15, 0.2) is 87.2 Å². The Bertz CT molecular complexity index is 1730. The van der Waals surface area contributed by atoms with Gasteiger partial charge in [0.15, 0.2) is 11.5 Å². The van der Waals surface area contributed by atoms with Gasteiger partial charge in [0.2, 0.25) is 0 Å². The molecule has 4 aromatic carbocycles. The molecule has 5 aromatic rings. The van der Waals surface area contributed by atoms with Crippen LogP contribution < -0.4 is 15.0 Å². The SMILES string of the molecule is CCOc1cc(C=Nn2c(CC)nc3ccc(Br)cc3c2=O)cc(Cl)c1OCc1cccc2ccccc12. The topological polar surface area (TPSA) is 65.7 Å². The normalized spacial score (nSPS) is 11.5. The molecule has 6 nitrogen and oxygen atoms in total. The first-order valence-electron chi connectivity index (χ1n) is 12.3. The minimum absolute atomic E-state index is 0.240. The highest BCUT2D eigenvalue weighted by Gasteiger charge is 2.14. The third kappa shape index (κ3) is 5.30. The van der Waals surface area contributed by atoms with Gasteiger partial charge in [-0.05, 0) is 59.2 Å². The van der Waals surface area contributed by atoms with E-state index in [1.54, 1.807) is 24.4 Å². The lowest BCUT2D eigenvalue weighted by Crippen LogP contribution is -2.22. The van der Waals surface area contributed by atoms with Crippen LogP contribution in [-0.4, -0.2) is 22.5 Å². The summed E-state index contributed by atoms with van der Waals surface area (Å²) in [6.07, 6.45) is 2.12. The standard InChI is InChI=1S/C30H25BrClN3O3/c1-3-28-34-26-13-12-22(31)16-24(26)30(36)35(28)33-17-19-14-25(32)29(27(15-19)37-4-2)38-18-21-10-7-9-20-8-5-6-11-23(20)21/h5-17H,3-4,18H2,1-2H3. The summed E-state index contributed by atoms with van der Waals surface area (Å²) in [5.74, 6) is 1.53. The number of ether oxygens (including phenoxy) is 2. The van der Waals surface area contributed by atoms with Crippen LogP contribution in [0.5, 0.6) is 11.5 Å². The number of hydrogen-bond donors (Lipinski definition) is 0. The molecular formula is C30H25BrClN3O3. The second-order valence-corrected chi connectivity index (χ2v) is 9.92. The van der Waals surface area contributed by atoms with Crippen LogP contribution in [-0.2, 0) is 13.0 Å². The maximum absolute atomic E-state index is 13.2. The first-order valence-corrected chi connectivity index (χ1v) is 13.5. The van der Waals surface area contributed by atoms with Gasteiger partial charge < -0.3 is 9.47 Å². The van der Waals surface area contributed by atoms with Gasteiger partial charge in [-0.15, -0.1) is 0 Å². The molecule has 0 atom stereocenters. The van der Waals surface area contributed by atoms with E-state index in [0.717, 1.165) is 20.8 Å². The van der Waals surface area contributed by atoms with Crippen LogP contribution in [0.3, 0.4) is 0 Å². The largest absolute Gasteiger partial charge is 0.490 e. The van der Waals surface area contributed by atoms with E-state index in [0.29, 0.717) is 58.4 Å². The summed E-state index contributed by atoms with van der Waals surface area (Å²) in [5.41, 5.74) is 2.11. The molecule has 0 aliphatic heterocycles. The fraction of sp³-hybridized carbons (Fsp3) is 0.167. The molecule has 0 radical (unpaired) electrons. The van der Waals surface area contributed by atoms with Gasteiger partial charge >= 0.3 is 0 Å². The molecule has 0 N–H and O–H groups in total. The first kappa shape index (κ1) is 25.9. The highest BCUT2D eigenvalue weighted by molar-refractivity contribution is 9.10. The molecule has 8 heteroatoms. The summed E-state index contributed by atoms with van der Waals surface area (Å²) in [6, 6.07) is 23.3. The molecular weight excluding hydrogens is 566 g/mol. The number of hydrogen-bond acceptors (Lipinski definition) is 5. The second kappa shape index (κ2) is 11.4. The number of aromatic nitrogens is 2. The summed E-state index contributed by atoms with van der Waals surface area (Å²) in [6.45, 7) is 4.60. The third-order valence-electron chi connectivity index (χ3n) is 6.10. The van der Waals surface area contributed by atoms with Crippen molar-refractivity contribution in [3.05, 3.63) is 110 Å². The van der Waals surface area contributed by atoms with Gasteiger partial charge in [-0.25, -0.2) is 4.98 Å². The van der Waals surface area contributed by atoms with Gasteiger partial charge in [0.25, 0.3) is 5.56 Å². The molecule has 0 fully saturated rings. The minimum Gasteiger partial charge on any atom is -0.490 e. The quantitative estimate of drug-likeness (QED) is 0.177. The molecule has 1 aromatic heterocycles. The highest BCUT2D eigenvalue weighted by atomic mass is 79.9. The molecule has 0 spiro atoms. The van der Waals surface area contributed by atoms with E-state index in [2.05, 4.69) is 44.2 Å². The van der Waals surface area contributed by atoms with Gasteiger partial charge in [-0.3, -0.25) is 4.79 Å². The zero-order valence-corrected chi connectivity index (χ0v) is 23.3. The maximum Gasteiger partial charge on any atom is 0.282 e. The molecule has 1 heterocycles. The van der Waals surface area contributed by atoms with Gasteiger partial charge in [0.1, 0.15) is 12.4 Å². The van der Waals surface area contributed by atoms with E-state index in [-0.39, 0.29) is 5.56 Å². The van der Waals surface area contributed by atoms with E-state index in [9.17, 15) is 4.79 Å². The monoisotopic (exact) mass is 589 g/mol. The predicted octanol–water partition coefficient (Wildman–Crippen LogP) is 7.39. The average Bonchev–Trinajstić information content (AvgIpc) is 2.92. The number of fused-ring (bicyclic) bond motifs is 2.